The van der Waals surface area contributed by atoms with Gasteiger partial charge in [0, 0.05) is 22.0 Å². The molecule has 0 saturated carbocycles. The molecular formula is C21H28FN3O2S. The van der Waals surface area contributed by atoms with Gasteiger partial charge in [-0.3, -0.25) is 0 Å². The second-order valence-corrected chi connectivity index (χ2v) is 7.20. The van der Waals surface area contributed by atoms with Crippen molar-refractivity contribution in [3.63, 3.8) is 0 Å². The fourth-order valence-corrected chi connectivity index (χ4v) is 2.93. The van der Waals surface area contributed by atoms with E-state index in [1.54, 1.807) is 13.8 Å². The average Bonchev–Trinajstić information content (AvgIpc) is 3.11. The number of nitriles is 1. The minimum absolute atomic E-state index is 0.210. The van der Waals surface area contributed by atoms with Crippen LogP contribution in [0.15, 0.2) is 35.4 Å². The van der Waals surface area contributed by atoms with Gasteiger partial charge in [0.05, 0.1) is 22.8 Å². The molecule has 7 heteroatoms. The molecule has 2 aromatic rings. The molecule has 1 aromatic carbocycles. The highest BCUT2D eigenvalue weighted by molar-refractivity contribution is 7.97. The summed E-state index contributed by atoms with van der Waals surface area (Å²) in [6.45, 7) is 9.53. The molecule has 3 N–H and O–H groups in total. The van der Waals surface area contributed by atoms with Crippen LogP contribution in [0.2, 0.25) is 0 Å². The van der Waals surface area contributed by atoms with Gasteiger partial charge in [-0.1, -0.05) is 20.8 Å². The Balaban J connectivity index is 0.00000190. The van der Waals surface area contributed by atoms with Gasteiger partial charge in [-0.05, 0) is 56.5 Å². The van der Waals surface area contributed by atoms with Crippen molar-refractivity contribution in [2.24, 2.45) is 0 Å². The molecule has 0 aliphatic heterocycles. The molecule has 0 radical (unpaired) electrons. The van der Waals surface area contributed by atoms with Gasteiger partial charge in [-0.25, -0.2) is 4.39 Å². The van der Waals surface area contributed by atoms with Crippen LogP contribution in [0.5, 0.6) is 5.75 Å². The molecule has 0 unspecified atom stereocenters. The van der Waals surface area contributed by atoms with Crippen LogP contribution in [-0.4, -0.2) is 22.3 Å². The number of aliphatic hydroxyl groups is 1. The van der Waals surface area contributed by atoms with E-state index in [-0.39, 0.29) is 17.4 Å². The van der Waals surface area contributed by atoms with Gasteiger partial charge in [0.1, 0.15) is 18.4 Å². The Morgan fingerprint density at radius 2 is 2.00 bits per heavy atom. The van der Waals surface area contributed by atoms with E-state index in [4.69, 9.17) is 10.00 Å². The molecule has 28 heavy (non-hydrogen) atoms. The Labute approximate surface area is 170 Å². The quantitative estimate of drug-likeness (QED) is 0.614. The Morgan fingerprint density at radius 3 is 2.50 bits per heavy atom. The van der Waals surface area contributed by atoms with E-state index in [1.807, 2.05) is 51.1 Å². The largest absolute Gasteiger partial charge is 0.491 e. The van der Waals surface area contributed by atoms with E-state index in [2.05, 4.69) is 9.71 Å². The zero-order valence-corrected chi connectivity index (χ0v) is 17.8. The van der Waals surface area contributed by atoms with Crippen molar-refractivity contribution < 1.29 is 14.2 Å². The predicted molar refractivity (Wildman–Crippen MR) is 113 cm³/mol. The lowest BCUT2D eigenvalue weighted by atomic mass is 10.2. The highest BCUT2D eigenvalue weighted by Crippen LogP contribution is 2.21. The van der Waals surface area contributed by atoms with Gasteiger partial charge in [-0.15, -0.1) is 0 Å². The van der Waals surface area contributed by atoms with Crippen molar-refractivity contribution in [1.29, 1.82) is 5.26 Å². The molecule has 0 atom stereocenters. The Bertz CT molecular complexity index is 894. The lowest BCUT2D eigenvalue weighted by molar-refractivity contribution is 0.0285. The molecule has 0 aliphatic rings. The minimum Gasteiger partial charge on any atom is -0.491 e. The van der Waals surface area contributed by atoms with Crippen molar-refractivity contribution in [3.05, 3.63) is 46.6 Å². The molecule has 1 aromatic heterocycles. The third-order valence-corrected chi connectivity index (χ3v) is 4.37. The second kappa shape index (κ2) is 11.4. The van der Waals surface area contributed by atoms with Crippen molar-refractivity contribution in [2.75, 3.05) is 6.61 Å². The van der Waals surface area contributed by atoms with Crippen LogP contribution in [0.3, 0.4) is 0 Å². The molecule has 152 valence electrons. The molecule has 0 aliphatic carbocycles. The molecular weight excluding hydrogens is 377 g/mol. The van der Waals surface area contributed by atoms with Crippen LogP contribution in [0, 0.1) is 11.3 Å². The third kappa shape index (κ3) is 6.95. The number of benzene rings is 1. The molecule has 5 nitrogen and oxygen atoms in total. The summed E-state index contributed by atoms with van der Waals surface area (Å²) < 4.78 is 21.9. The highest BCUT2D eigenvalue weighted by Gasteiger charge is 2.13. The number of hydrogen-bond acceptors (Lipinski definition) is 5. The predicted octanol–water partition coefficient (Wildman–Crippen LogP) is 3.58. The maximum Gasteiger partial charge on any atom is 0.119 e. The molecule has 0 fully saturated rings. The van der Waals surface area contributed by atoms with Crippen LogP contribution >= 0.6 is 11.9 Å². The third-order valence-electron chi connectivity index (χ3n) is 3.51. The van der Waals surface area contributed by atoms with Gasteiger partial charge in [0.15, 0.2) is 0 Å². The van der Waals surface area contributed by atoms with E-state index in [1.165, 1.54) is 18.1 Å². The van der Waals surface area contributed by atoms with Gasteiger partial charge >= 0.3 is 0 Å². The SMILES string of the molecule is CC.CC/C(NSc1ccc(OCC(C)(C)O)cc1)=c1/[nH]cc(C#N)/c1=C\F. The standard InChI is InChI=1S/C19H22FN3O2S.C2H6/c1-4-17(18-16(9-20)13(10-21)11-22-18)23-26-15-7-5-14(6-8-15)25-12-19(2,3)24;1-2/h5-9,11,22-24H,4,12H2,1-3H3;1-2H3/b16-9+,18-17-;. The summed E-state index contributed by atoms with van der Waals surface area (Å²) in [5, 5.41) is 19.5. The number of nitrogens with one attached hydrogen (secondary N) is 2. The summed E-state index contributed by atoms with van der Waals surface area (Å²) in [7, 11) is 0. The fraction of sp³-hybridized carbons (Fsp3) is 0.381. The van der Waals surface area contributed by atoms with Crippen molar-refractivity contribution in [3.8, 4) is 11.8 Å². The first-order valence-electron chi connectivity index (χ1n) is 9.17. The zero-order chi connectivity index (χ0) is 21.2. The molecule has 0 amide bonds. The topological polar surface area (TPSA) is 81.1 Å². The number of nitrogens with zero attached hydrogens (tertiary/aromatic N) is 1. The van der Waals surface area contributed by atoms with Crippen molar-refractivity contribution in [2.45, 2.75) is 51.5 Å². The van der Waals surface area contributed by atoms with Crippen molar-refractivity contribution in [1.82, 2.24) is 9.71 Å². The van der Waals surface area contributed by atoms with Gasteiger partial charge < -0.3 is 19.5 Å². The summed E-state index contributed by atoms with van der Waals surface area (Å²) in [5.41, 5.74) is 0.181. The van der Waals surface area contributed by atoms with Crippen LogP contribution in [-0.2, 0) is 0 Å². The first kappa shape index (κ1) is 23.6. The second-order valence-electron chi connectivity index (χ2n) is 6.32. The molecule has 2 rings (SSSR count). The number of rotatable bonds is 7. The van der Waals surface area contributed by atoms with E-state index >= 15 is 0 Å². The number of halogens is 1. The number of aromatic amines is 1. The summed E-state index contributed by atoms with van der Waals surface area (Å²) in [6, 6.07) is 9.40. The molecule has 1 heterocycles. The van der Waals surface area contributed by atoms with Gasteiger partial charge in [0.25, 0.3) is 0 Å². The molecule has 0 spiro atoms. The number of ether oxygens (including phenoxy) is 1. The molecule has 0 saturated heterocycles. The first-order chi connectivity index (χ1) is 13.4. The van der Waals surface area contributed by atoms with E-state index in [0.29, 0.717) is 23.8 Å². The molecule has 0 bridgehead atoms. The van der Waals surface area contributed by atoms with Gasteiger partial charge in [0.2, 0.25) is 0 Å². The van der Waals surface area contributed by atoms with E-state index < -0.39 is 5.60 Å². The highest BCUT2D eigenvalue weighted by atomic mass is 32.2. The maximum atomic E-state index is 13.2. The van der Waals surface area contributed by atoms with Crippen molar-refractivity contribution >= 4 is 24.0 Å². The lowest BCUT2D eigenvalue weighted by Crippen LogP contribution is -2.30. The maximum absolute atomic E-state index is 13.2. The lowest BCUT2D eigenvalue weighted by Gasteiger charge is -2.17. The first-order valence-corrected chi connectivity index (χ1v) is 9.98. The summed E-state index contributed by atoms with van der Waals surface area (Å²) in [4.78, 5) is 3.90. The average molecular weight is 406 g/mol. The summed E-state index contributed by atoms with van der Waals surface area (Å²) >= 11 is 1.39. The van der Waals surface area contributed by atoms with Crippen LogP contribution in [0.4, 0.5) is 4.39 Å². The Morgan fingerprint density at radius 1 is 1.36 bits per heavy atom. The normalized spacial score (nSPS) is 12.6. The van der Waals surface area contributed by atoms with Crippen LogP contribution in [0.1, 0.15) is 46.6 Å². The number of aromatic nitrogens is 1. The summed E-state index contributed by atoms with van der Waals surface area (Å²) in [6.07, 6.45) is 2.59. The van der Waals surface area contributed by atoms with Gasteiger partial charge in [-0.2, -0.15) is 5.26 Å². The van der Waals surface area contributed by atoms with E-state index in [0.717, 1.165) is 10.6 Å². The Kier molecular flexibility index (Phi) is 9.63. The van der Waals surface area contributed by atoms with Crippen LogP contribution in [0.25, 0.3) is 12.0 Å². The number of H-pyrrole nitrogens is 1. The fourth-order valence-electron chi connectivity index (χ4n) is 2.17. The van der Waals surface area contributed by atoms with Crippen LogP contribution < -0.4 is 20.0 Å². The zero-order valence-electron chi connectivity index (χ0n) is 17.0. The Hall–Kier alpha value is -2.43. The minimum atomic E-state index is -0.885. The smallest absolute Gasteiger partial charge is 0.119 e. The number of hydrogen-bond donors (Lipinski definition) is 3. The summed E-state index contributed by atoms with van der Waals surface area (Å²) in [5.74, 6) is 0.675. The van der Waals surface area contributed by atoms with E-state index in [9.17, 15) is 9.50 Å². The monoisotopic (exact) mass is 405 g/mol.